The summed E-state index contributed by atoms with van der Waals surface area (Å²) in [7, 11) is 1.57. The molecule has 148 valence electrons. The normalized spacial score (nSPS) is 14.4. The molecule has 0 bridgehead atoms. The number of hydrogen-bond donors (Lipinski definition) is 2. The number of benzene rings is 1. The smallest absolute Gasteiger partial charge is 0.345 e. The van der Waals surface area contributed by atoms with Gasteiger partial charge in [-0.15, -0.1) is 0 Å². The van der Waals surface area contributed by atoms with Crippen molar-refractivity contribution in [1.29, 1.82) is 0 Å². The Hall–Kier alpha value is -3.21. The Labute approximate surface area is 164 Å². The van der Waals surface area contributed by atoms with Crippen LogP contribution in [0.4, 0.5) is 20.6 Å². The molecule has 2 heterocycles. The third-order valence-corrected chi connectivity index (χ3v) is 5.26. The van der Waals surface area contributed by atoms with Crippen molar-refractivity contribution in [2.75, 3.05) is 30.8 Å². The van der Waals surface area contributed by atoms with Crippen molar-refractivity contribution >= 4 is 39.1 Å². The van der Waals surface area contributed by atoms with Crippen molar-refractivity contribution in [3.05, 3.63) is 40.6 Å². The summed E-state index contributed by atoms with van der Waals surface area (Å²) >= 11 is 0.817. The first-order valence-electron chi connectivity index (χ1n) is 8.57. The maximum Gasteiger partial charge on any atom is 0.345 e. The highest BCUT2D eigenvalue weighted by Crippen LogP contribution is 2.27. The average molecular weight is 405 g/mol. The number of nitrogens with zero attached hydrogens (tertiary/aromatic N) is 3. The molecule has 0 saturated carbocycles. The molecule has 11 heteroatoms. The molecule has 0 aliphatic carbocycles. The van der Waals surface area contributed by atoms with Gasteiger partial charge in [-0.2, -0.15) is 0 Å². The molecule has 3 rings (SSSR count). The first-order valence-corrected chi connectivity index (χ1v) is 9.39. The second-order valence-electron chi connectivity index (χ2n) is 6.17. The van der Waals surface area contributed by atoms with Gasteiger partial charge in [0.25, 0.3) is 0 Å². The third-order valence-electron chi connectivity index (χ3n) is 4.40. The summed E-state index contributed by atoms with van der Waals surface area (Å²) < 4.78 is 5.08. The largest absolute Gasteiger partial charge is 0.497 e. The Kier molecular flexibility index (Phi) is 6.04. The highest BCUT2D eigenvalue weighted by Gasteiger charge is 2.28. The molecule has 1 saturated heterocycles. The molecule has 2 N–H and O–H groups in total. The van der Waals surface area contributed by atoms with E-state index in [-0.39, 0.29) is 28.0 Å². The second kappa shape index (κ2) is 8.65. The lowest BCUT2D eigenvalue weighted by molar-refractivity contribution is -0.380. The Bertz CT molecular complexity index is 861. The summed E-state index contributed by atoms with van der Waals surface area (Å²) in [5.74, 6) is 0.197. The number of methoxy groups -OCH3 is 1. The van der Waals surface area contributed by atoms with Gasteiger partial charge in [-0.1, -0.05) is 0 Å². The number of aromatic nitrogens is 1. The van der Waals surface area contributed by atoms with Crippen LogP contribution in [-0.4, -0.2) is 46.9 Å². The van der Waals surface area contributed by atoms with Gasteiger partial charge in [0.05, 0.1) is 12.0 Å². The van der Waals surface area contributed by atoms with Gasteiger partial charge < -0.3 is 20.3 Å². The van der Waals surface area contributed by atoms with Crippen LogP contribution < -0.4 is 15.4 Å². The maximum atomic E-state index is 12.4. The Balaban J connectivity index is 1.48. The zero-order valence-corrected chi connectivity index (χ0v) is 15.9. The van der Waals surface area contributed by atoms with Gasteiger partial charge >= 0.3 is 11.0 Å². The van der Waals surface area contributed by atoms with E-state index in [1.165, 1.54) is 0 Å². The molecule has 1 aromatic carbocycles. The highest BCUT2D eigenvalue weighted by molar-refractivity contribution is 7.18. The Morgan fingerprint density at radius 2 is 1.93 bits per heavy atom. The van der Waals surface area contributed by atoms with E-state index in [0.717, 1.165) is 17.5 Å². The Morgan fingerprint density at radius 1 is 1.25 bits per heavy atom. The lowest BCUT2D eigenvalue weighted by Gasteiger charge is -2.31. The summed E-state index contributed by atoms with van der Waals surface area (Å²) in [6, 6.07) is 6.80. The summed E-state index contributed by atoms with van der Waals surface area (Å²) in [6.45, 7) is 0.885. The zero-order valence-electron chi connectivity index (χ0n) is 15.1. The molecule has 10 nitrogen and oxygen atoms in total. The van der Waals surface area contributed by atoms with E-state index in [2.05, 4.69) is 15.6 Å². The number of carbonyl (C=O) groups excluding carboxylic acids is 2. The quantitative estimate of drug-likeness (QED) is 0.582. The van der Waals surface area contributed by atoms with Crippen LogP contribution in [0.15, 0.2) is 30.5 Å². The van der Waals surface area contributed by atoms with E-state index >= 15 is 0 Å². The van der Waals surface area contributed by atoms with Gasteiger partial charge in [0, 0.05) is 24.7 Å². The minimum absolute atomic E-state index is 0.125. The summed E-state index contributed by atoms with van der Waals surface area (Å²) in [4.78, 5) is 40.3. The fourth-order valence-electron chi connectivity index (χ4n) is 2.84. The second-order valence-corrected chi connectivity index (χ2v) is 7.18. The zero-order chi connectivity index (χ0) is 20.1. The van der Waals surface area contributed by atoms with Crippen molar-refractivity contribution in [2.45, 2.75) is 12.8 Å². The SMILES string of the molecule is COc1ccc(NC(=O)N2CCC(C(=O)Nc3ncc([N+](=O)[O-])s3)CC2)cc1. The summed E-state index contributed by atoms with van der Waals surface area (Å²) in [5, 5.41) is 16.2. The highest BCUT2D eigenvalue weighted by atomic mass is 32.1. The number of anilines is 2. The lowest BCUT2D eigenvalue weighted by Crippen LogP contribution is -2.43. The summed E-state index contributed by atoms with van der Waals surface area (Å²) in [5.41, 5.74) is 0.663. The topological polar surface area (TPSA) is 127 Å². The van der Waals surface area contributed by atoms with Gasteiger partial charge in [-0.25, -0.2) is 9.78 Å². The van der Waals surface area contributed by atoms with Crippen LogP contribution in [0, 0.1) is 16.0 Å². The van der Waals surface area contributed by atoms with Crippen molar-refractivity contribution in [3.8, 4) is 5.75 Å². The van der Waals surface area contributed by atoms with E-state index in [0.29, 0.717) is 37.4 Å². The molecule has 0 atom stereocenters. The molecule has 1 aliphatic heterocycles. The van der Waals surface area contributed by atoms with E-state index in [1.54, 1.807) is 36.3 Å². The standard InChI is InChI=1S/C17H19N5O5S/c1-27-13-4-2-12(3-5-13)19-17(24)21-8-6-11(7-9-21)15(23)20-16-18-10-14(28-16)22(25)26/h2-5,10-11H,6-9H2,1H3,(H,19,24)(H,18,20,23). The molecule has 0 unspecified atom stereocenters. The minimum Gasteiger partial charge on any atom is -0.497 e. The fourth-order valence-corrected chi connectivity index (χ4v) is 3.47. The van der Waals surface area contributed by atoms with Crippen molar-refractivity contribution in [2.24, 2.45) is 5.92 Å². The third kappa shape index (κ3) is 4.74. The molecule has 1 aromatic heterocycles. The summed E-state index contributed by atoms with van der Waals surface area (Å²) in [6.07, 6.45) is 2.14. The first-order chi connectivity index (χ1) is 13.5. The van der Waals surface area contributed by atoms with E-state index in [1.807, 2.05) is 0 Å². The van der Waals surface area contributed by atoms with Gasteiger partial charge in [0.15, 0.2) is 5.13 Å². The van der Waals surface area contributed by atoms with Gasteiger partial charge in [-0.05, 0) is 48.4 Å². The molecule has 1 fully saturated rings. The number of nitro groups is 1. The van der Waals surface area contributed by atoms with Crippen LogP contribution >= 0.6 is 11.3 Å². The molecule has 2 aromatic rings. The molecule has 1 aliphatic rings. The number of likely N-dealkylation sites (tertiary alicyclic amines) is 1. The number of hydrogen-bond acceptors (Lipinski definition) is 7. The molecule has 0 spiro atoms. The number of carbonyl (C=O) groups is 2. The average Bonchev–Trinajstić information content (AvgIpc) is 3.17. The molecule has 3 amide bonds. The van der Waals surface area contributed by atoms with Crippen LogP contribution in [0.2, 0.25) is 0 Å². The van der Waals surface area contributed by atoms with Crippen LogP contribution in [0.1, 0.15) is 12.8 Å². The van der Waals surface area contributed by atoms with E-state index in [9.17, 15) is 19.7 Å². The number of nitrogens with one attached hydrogen (secondary N) is 2. The Morgan fingerprint density at radius 3 is 2.50 bits per heavy atom. The molecule has 0 radical (unpaired) electrons. The van der Waals surface area contributed by atoms with Gasteiger partial charge in [-0.3, -0.25) is 14.9 Å². The number of ether oxygens (including phenoxy) is 1. The first kappa shape index (κ1) is 19.5. The monoisotopic (exact) mass is 405 g/mol. The van der Waals surface area contributed by atoms with Crippen LogP contribution in [-0.2, 0) is 4.79 Å². The van der Waals surface area contributed by atoms with Crippen molar-refractivity contribution in [3.63, 3.8) is 0 Å². The van der Waals surface area contributed by atoms with E-state index < -0.39 is 4.92 Å². The van der Waals surface area contributed by atoms with Gasteiger partial charge in [0.2, 0.25) is 5.91 Å². The number of thiazole rings is 1. The maximum absolute atomic E-state index is 12.4. The van der Waals surface area contributed by atoms with Crippen LogP contribution in [0.25, 0.3) is 0 Å². The molecular weight excluding hydrogens is 386 g/mol. The molecule has 28 heavy (non-hydrogen) atoms. The predicted molar refractivity (Wildman–Crippen MR) is 104 cm³/mol. The van der Waals surface area contributed by atoms with Crippen molar-refractivity contribution in [1.82, 2.24) is 9.88 Å². The number of amides is 3. The van der Waals surface area contributed by atoms with Crippen LogP contribution in [0.5, 0.6) is 5.75 Å². The lowest BCUT2D eigenvalue weighted by atomic mass is 9.96. The van der Waals surface area contributed by atoms with Gasteiger partial charge in [0.1, 0.15) is 11.9 Å². The number of piperidine rings is 1. The minimum atomic E-state index is -0.548. The predicted octanol–water partition coefficient (Wildman–Crippen LogP) is 2.94. The molecular formula is C17H19N5O5S. The fraction of sp³-hybridized carbons (Fsp3) is 0.353. The van der Waals surface area contributed by atoms with E-state index in [4.69, 9.17) is 4.74 Å². The van der Waals surface area contributed by atoms with Crippen LogP contribution in [0.3, 0.4) is 0 Å². The number of rotatable bonds is 5. The van der Waals surface area contributed by atoms with Crippen molar-refractivity contribution < 1.29 is 19.2 Å². The number of urea groups is 1.